The third-order valence-electron chi connectivity index (χ3n) is 11.3. The lowest BCUT2D eigenvalue weighted by Gasteiger charge is -2.27. The summed E-state index contributed by atoms with van der Waals surface area (Å²) in [5.74, 6) is 0. The Hall–Kier alpha value is -7.42. The van der Waals surface area contributed by atoms with Crippen molar-refractivity contribution in [1.82, 2.24) is 0 Å². The second-order valence-corrected chi connectivity index (χ2v) is 14.5. The minimum Gasteiger partial charge on any atom is -0.456 e. The molecule has 1 heterocycles. The number of furan rings is 1. The SMILES string of the molecule is c1ccc(-c2ccc(N(c3ccc(-c4cc5oc6ccccc6c5cc4-c4ccccc4)cc3)c3ccc4c5ccccc5c5ccccc5c4c3)cc2)cc1. The number of nitrogens with zero attached hydrogens (tertiary/aromatic N) is 1. The van der Waals surface area contributed by atoms with Gasteiger partial charge in [-0.25, -0.2) is 0 Å². The number of anilines is 3. The molecule has 0 aliphatic carbocycles. The Kier molecular flexibility index (Phi) is 7.53. The van der Waals surface area contributed by atoms with Crippen LogP contribution in [0.5, 0.6) is 0 Å². The second kappa shape index (κ2) is 13.2. The van der Waals surface area contributed by atoms with Gasteiger partial charge in [0.15, 0.2) is 0 Å². The molecule has 0 saturated heterocycles. The molecule has 0 aliphatic heterocycles. The summed E-state index contributed by atoms with van der Waals surface area (Å²) in [6, 6.07) is 76.5. The fraction of sp³-hybridized carbons (Fsp3) is 0. The first-order valence-electron chi connectivity index (χ1n) is 19.2. The van der Waals surface area contributed by atoms with E-state index >= 15 is 0 Å². The molecule has 11 aromatic rings. The molecule has 0 fully saturated rings. The average molecular weight is 714 g/mol. The summed E-state index contributed by atoms with van der Waals surface area (Å²) in [6.45, 7) is 0. The molecule has 262 valence electrons. The Bertz CT molecular complexity index is 3180. The predicted octanol–water partition coefficient (Wildman–Crippen LogP) is 15.5. The standard InChI is InChI=1S/C54H35NO/c1-3-13-36(14-4-1)37-23-27-40(28-24-37)55(42-31-32-47-45-19-8-7-17-43(45)44-18-9-10-20-46(44)51(47)33-42)41-29-25-39(26-30-41)50-35-54-52(48-21-11-12-22-53(48)56-54)34-49(50)38-15-5-2-6-16-38/h1-35H. The summed E-state index contributed by atoms with van der Waals surface area (Å²) in [5, 5.41) is 9.83. The van der Waals surface area contributed by atoms with Gasteiger partial charge in [-0.05, 0) is 120 Å². The molecule has 0 atom stereocenters. The minimum absolute atomic E-state index is 0.890. The molecule has 0 saturated carbocycles. The molecule has 10 aromatic carbocycles. The number of fused-ring (bicyclic) bond motifs is 9. The van der Waals surface area contributed by atoms with E-state index in [1.165, 1.54) is 54.6 Å². The number of hydrogen-bond donors (Lipinski definition) is 0. The van der Waals surface area contributed by atoms with Gasteiger partial charge in [0.2, 0.25) is 0 Å². The van der Waals surface area contributed by atoms with E-state index < -0.39 is 0 Å². The number of benzene rings is 10. The van der Waals surface area contributed by atoms with E-state index in [1.807, 2.05) is 12.1 Å². The van der Waals surface area contributed by atoms with E-state index in [0.29, 0.717) is 0 Å². The van der Waals surface area contributed by atoms with Gasteiger partial charge in [-0.15, -0.1) is 0 Å². The molecule has 0 aliphatic rings. The molecule has 1 aromatic heterocycles. The number of rotatable bonds is 6. The largest absolute Gasteiger partial charge is 0.456 e. The molecule has 0 radical (unpaired) electrons. The van der Waals surface area contributed by atoms with Crippen molar-refractivity contribution in [3.8, 4) is 33.4 Å². The van der Waals surface area contributed by atoms with Crippen molar-refractivity contribution in [2.24, 2.45) is 0 Å². The van der Waals surface area contributed by atoms with Gasteiger partial charge in [-0.2, -0.15) is 0 Å². The third kappa shape index (κ3) is 5.34. The van der Waals surface area contributed by atoms with E-state index in [0.717, 1.165) is 50.1 Å². The number of hydrogen-bond acceptors (Lipinski definition) is 2. The smallest absolute Gasteiger partial charge is 0.136 e. The van der Waals surface area contributed by atoms with Crippen LogP contribution < -0.4 is 4.90 Å². The first kappa shape index (κ1) is 32.0. The van der Waals surface area contributed by atoms with Crippen molar-refractivity contribution in [3.63, 3.8) is 0 Å². The molecule has 0 amide bonds. The van der Waals surface area contributed by atoms with Crippen LogP contribution >= 0.6 is 0 Å². The van der Waals surface area contributed by atoms with Crippen molar-refractivity contribution < 1.29 is 4.42 Å². The van der Waals surface area contributed by atoms with Gasteiger partial charge < -0.3 is 9.32 Å². The summed E-state index contributed by atoms with van der Waals surface area (Å²) < 4.78 is 6.41. The van der Waals surface area contributed by atoms with Crippen LogP contribution in [-0.2, 0) is 0 Å². The van der Waals surface area contributed by atoms with Crippen LogP contribution in [0.2, 0.25) is 0 Å². The fourth-order valence-corrected chi connectivity index (χ4v) is 8.57. The highest BCUT2D eigenvalue weighted by molar-refractivity contribution is 6.25. The molecular formula is C54H35NO. The Labute approximate surface area is 325 Å². The van der Waals surface area contributed by atoms with Crippen LogP contribution in [-0.4, -0.2) is 0 Å². The van der Waals surface area contributed by atoms with E-state index in [4.69, 9.17) is 4.42 Å². The fourth-order valence-electron chi connectivity index (χ4n) is 8.57. The molecular weight excluding hydrogens is 679 g/mol. The highest BCUT2D eigenvalue weighted by Gasteiger charge is 2.18. The maximum absolute atomic E-state index is 6.41. The lowest BCUT2D eigenvalue weighted by molar-refractivity contribution is 0.669. The Morgan fingerprint density at radius 2 is 0.679 bits per heavy atom. The van der Waals surface area contributed by atoms with Gasteiger partial charge in [0.25, 0.3) is 0 Å². The molecule has 0 spiro atoms. The first-order valence-corrected chi connectivity index (χ1v) is 19.2. The first-order chi connectivity index (χ1) is 27.8. The normalized spacial score (nSPS) is 11.6. The highest BCUT2D eigenvalue weighted by atomic mass is 16.3. The van der Waals surface area contributed by atoms with E-state index in [1.54, 1.807) is 0 Å². The van der Waals surface area contributed by atoms with E-state index in [2.05, 4.69) is 205 Å². The van der Waals surface area contributed by atoms with Crippen molar-refractivity contribution >= 4 is 71.3 Å². The van der Waals surface area contributed by atoms with Crippen molar-refractivity contribution in [1.29, 1.82) is 0 Å². The van der Waals surface area contributed by atoms with Crippen molar-refractivity contribution in [2.45, 2.75) is 0 Å². The van der Waals surface area contributed by atoms with Crippen LogP contribution in [0.15, 0.2) is 217 Å². The minimum atomic E-state index is 0.890. The summed E-state index contributed by atoms with van der Waals surface area (Å²) in [5.41, 5.74) is 12.1. The second-order valence-electron chi connectivity index (χ2n) is 14.5. The van der Waals surface area contributed by atoms with E-state index in [9.17, 15) is 0 Å². The summed E-state index contributed by atoms with van der Waals surface area (Å²) in [6.07, 6.45) is 0. The molecule has 0 unspecified atom stereocenters. The predicted molar refractivity (Wildman–Crippen MR) is 237 cm³/mol. The van der Waals surface area contributed by atoms with Crippen molar-refractivity contribution in [3.05, 3.63) is 212 Å². The zero-order valence-electron chi connectivity index (χ0n) is 30.6. The van der Waals surface area contributed by atoms with Gasteiger partial charge in [0.05, 0.1) is 0 Å². The topological polar surface area (TPSA) is 16.4 Å². The summed E-state index contributed by atoms with van der Waals surface area (Å²) in [7, 11) is 0. The lowest BCUT2D eigenvalue weighted by atomic mass is 9.92. The molecule has 0 bridgehead atoms. The highest BCUT2D eigenvalue weighted by Crippen LogP contribution is 2.43. The molecule has 56 heavy (non-hydrogen) atoms. The van der Waals surface area contributed by atoms with Gasteiger partial charge in [-0.3, -0.25) is 0 Å². The van der Waals surface area contributed by atoms with Gasteiger partial charge in [0, 0.05) is 27.8 Å². The molecule has 11 rings (SSSR count). The van der Waals surface area contributed by atoms with Gasteiger partial charge >= 0.3 is 0 Å². The summed E-state index contributed by atoms with van der Waals surface area (Å²) >= 11 is 0. The monoisotopic (exact) mass is 713 g/mol. The summed E-state index contributed by atoms with van der Waals surface area (Å²) in [4.78, 5) is 2.38. The van der Waals surface area contributed by atoms with Crippen molar-refractivity contribution in [2.75, 3.05) is 4.90 Å². The zero-order chi connectivity index (χ0) is 37.0. The molecule has 2 heteroatoms. The van der Waals surface area contributed by atoms with Gasteiger partial charge in [0.1, 0.15) is 11.2 Å². The maximum Gasteiger partial charge on any atom is 0.136 e. The van der Waals surface area contributed by atoms with Crippen LogP contribution in [0.3, 0.4) is 0 Å². The third-order valence-corrected chi connectivity index (χ3v) is 11.3. The quantitative estimate of drug-likeness (QED) is 0.160. The van der Waals surface area contributed by atoms with Crippen LogP contribution in [0.25, 0.3) is 87.6 Å². The molecule has 0 N–H and O–H groups in total. The Morgan fingerprint density at radius 1 is 0.250 bits per heavy atom. The zero-order valence-corrected chi connectivity index (χ0v) is 30.6. The lowest BCUT2D eigenvalue weighted by Crippen LogP contribution is -2.10. The number of para-hydroxylation sites is 1. The average Bonchev–Trinajstić information content (AvgIpc) is 3.65. The maximum atomic E-state index is 6.41. The van der Waals surface area contributed by atoms with E-state index in [-0.39, 0.29) is 0 Å². The Balaban J connectivity index is 1.08. The molecule has 2 nitrogen and oxygen atoms in total. The Morgan fingerprint density at radius 3 is 1.30 bits per heavy atom. The van der Waals surface area contributed by atoms with Crippen LogP contribution in [0, 0.1) is 0 Å². The van der Waals surface area contributed by atoms with Gasteiger partial charge in [-0.1, -0.05) is 158 Å². The van der Waals surface area contributed by atoms with Crippen LogP contribution in [0.4, 0.5) is 17.1 Å². The van der Waals surface area contributed by atoms with Crippen LogP contribution in [0.1, 0.15) is 0 Å².